The van der Waals surface area contributed by atoms with E-state index in [1.165, 1.54) is 6.42 Å². The van der Waals surface area contributed by atoms with Gasteiger partial charge in [0, 0.05) is 26.2 Å². The summed E-state index contributed by atoms with van der Waals surface area (Å²) in [5.41, 5.74) is 5.54. The Morgan fingerprint density at radius 2 is 1.93 bits per heavy atom. The van der Waals surface area contributed by atoms with E-state index in [-0.39, 0.29) is 0 Å². The predicted molar refractivity (Wildman–Crippen MR) is 66.0 cm³/mol. The van der Waals surface area contributed by atoms with Crippen LogP contribution in [-0.2, 0) is 4.74 Å². The molecule has 0 aliphatic carbocycles. The van der Waals surface area contributed by atoms with Gasteiger partial charge in [-0.25, -0.2) is 0 Å². The number of hydrogen-bond donors (Lipinski definition) is 1. The van der Waals surface area contributed by atoms with E-state index in [1.54, 1.807) is 7.11 Å². The van der Waals surface area contributed by atoms with E-state index >= 15 is 0 Å². The van der Waals surface area contributed by atoms with Crippen molar-refractivity contribution in [3.05, 3.63) is 0 Å². The molecule has 0 spiro atoms. The highest BCUT2D eigenvalue weighted by Crippen LogP contribution is 2.09. The van der Waals surface area contributed by atoms with E-state index in [0.29, 0.717) is 12.0 Å². The van der Waals surface area contributed by atoms with Gasteiger partial charge in [0.05, 0.1) is 6.61 Å². The molecule has 0 radical (unpaired) electrons. The van der Waals surface area contributed by atoms with Crippen LogP contribution >= 0.6 is 0 Å². The summed E-state index contributed by atoms with van der Waals surface area (Å²) >= 11 is 0. The molecule has 15 heavy (non-hydrogen) atoms. The first-order valence-corrected chi connectivity index (χ1v) is 6.04. The summed E-state index contributed by atoms with van der Waals surface area (Å²) in [6, 6.07) is 0.617. The van der Waals surface area contributed by atoms with Crippen molar-refractivity contribution >= 4 is 0 Å². The SMILES string of the molecule is COCCN(CC(C)C)C(C)CCCN. The number of ether oxygens (including phenoxy) is 1. The minimum absolute atomic E-state index is 0.617. The minimum Gasteiger partial charge on any atom is -0.383 e. The fraction of sp³-hybridized carbons (Fsp3) is 1.00. The lowest BCUT2D eigenvalue weighted by Crippen LogP contribution is -2.38. The third-order valence-electron chi connectivity index (χ3n) is 2.63. The largest absolute Gasteiger partial charge is 0.383 e. The van der Waals surface area contributed by atoms with Crippen molar-refractivity contribution in [1.29, 1.82) is 0 Å². The van der Waals surface area contributed by atoms with Gasteiger partial charge in [-0.1, -0.05) is 13.8 Å². The molecule has 1 atom stereocenters. The Balaban J connectivity index is 3.95. The zero-order valence-electron chi connectivity index (χ0n) is 10.8. The first-order valence-electron chi connectivity index (χ1n) is 6.04. The van der Waals surface area contributed by atoms with Crippen LogP contribution in [0.1, 0.15) is 33.6 Å². The van der Waals surface area contributed by atoms with E-state index in [9.17, 15) is 0 Å². The maximum Gasteiger partial charge on any atom is 0.0589 e. The molecule has 0 heterocycles. The Morgan fingerprint density at radius 1 is 1.27 bits per heavy atom. The molecule has 1 unspecified atom stereocenters. The molecule has 0 aromatic rings. The molecule has 3 nitrogen and oxygen atoms in total. The maximum absolute atomic E-state index is 5.54. The van der Waals surface area contributed by atoms with Gasteiger partial charge in [0.2, 0.25) is 0 Å². The summed E-state index contributed by atoms with van der Waals surface area (Å²) in [4.78, 5) is 2.50. The summed E-state index contributed by atoms with van der Waals surface area (Å²) in [7, 11) is 1.76. The zero-order valence-corrected chi connectivity index (χ0v) is 10.8. The molecule has 0 aromatic carbocycles. The molecule has 0 aromatic heterocycles. The van der Waals surface area contributed by atoms with Crippen LogP contribution in [0.25, 0.3) is 0 Å². The molecule has 0 saturated heterocycles. The van der Waals surface area contributed by atoms with E-state index in [1.807, 2.05) is 0 Å². The molecule has 0 rings (SSSR count). The van der Waals surface area contributed by atoms with Crippen LogP contribution in [0.15, 0.2) is 0 Å². The van der Waals surface area contributed by atoms with Crippen LogP contribution in [0.4, 0.5) is 0 Å². The number of rotatable bonds is 9. The average Bonchev–Trinajstić information content (AvgIpc) is 2.20. The standard InChI is InChI=1S/C12H28N2O/c1-11(2)10-14(8-9-15-4)12(3)6-5-7-13/h11-12H,5-10,13H2,1-4H3. The topological polar surface area (TPSA) is 38.5 Å². The normalized spacial score (nSPS) is 13.8. The molecular weight excluding hydrogens is 188 g/mol. The second-order valence-corrected chi connectivity index (χ2v) is 4.66. The van der Waals surface area contributed by atoms with Gasteiger partial charge in [0.15, 0.2) is 0 Å². The number of hydrogen-bond acceptors (Lipinski definition) is 3. The number of nitrogens with two attached hydrogens (primary N) is 1. The summed E-state index contributed by atoms with van der Waals surface area (Å²) in [6.07, 6.45) is 2.30. The summed E-state index contributed by atoms with van der Waals surface area (Å²) in [5, 5.41) is 0. The van der Waals surface area contributed by atoms with Gasteiger partial charge >= 0.3 is 0 Å². The lowest BCUT2D eigenvalue weighted by Gasteiger charge is -2.30. The van der Waals surface area contributed by atoms with Gasteiger partial charge in [-0.15, -0.1) is 0 Å². The van der Waals surface area contributed by atoms with Gasteiger partial charge in [-0.2, -0.15) is 0 Å². The highest BCUT2D eigenvalue weighted by atomic mass is 16.5. The highest BCUT2D eigenvalue weighted by molar-refractivity contribution is 4.68. The molecule has 92 valence electrons. The molecular formula is C12H28N2O. The van der Waals surface area contributed by atoms with Gasteiger partial charge in [0.1, 0.15) is 0 Å². The summed E-state index contributed by atoms with van der Waals surface area (Å²) < 4.78 is 5.14. The Kier molecular flexibility index (Phi) is 9.06. The quantitative estimate of drug-likeness (QED) is 0.638. The lowest BCUT2D eigenvalue weighted by molar-refractivity contribution is 0.111. The molecule has 0 aliphatic rings. The molecule has 0 aliphatic heterocycles. The zero-order chi connectivity index (χ0) is 11.7. The summed E-state index contributed by atoms with van der Waals surface area (Å²) in [5.74, 6) is 0.710. The molecule has 2 N–H and O–H groups in total. The van der Waals surface area contributed by atoms with Gasteiger partial charge in [-0.3, -0.25) is 4.90 Å². The molecule has 0 bridgehead atoms. The second kappa shape index (κ2) is 9.13. The molecule has 0 fully saturated rings. The fourth-order valence-corrected chi connectivity index (χ4v) is 1.77. The number of nitrogens with zero attached hydrogens (tertiary/aromatic N) is 1. The minimum atomic E-state index is 0.617. The van der Waals surface area contributed by atoms with Crippen LogP contribution in [0.2, 0.25) is 0 Å². The first kappa shape index (κ1) is 14.9. The van der Waals surface area contributed by atoms with Crippen LogP contribution in [-0.4, -0.2) is 44.3 Å². The van der Waals surface area contributed by atoms with Crippen molar-refractivity contribution in [3.63, 3.8) is 0 Å². The van der Waals surface area contributed by atoms with Crippen molar-refractivity contribution < 1.29 is 4.74 Å². The fourth-order valence-electron chi connectivity index (χ4n) is 1.77. The monoisotopic (exact) mass is 216 g/mol. The van der Waals surface area contributed by atoms with E-state index in [4.69, 9.17) is 10.5 Å². The van der Waals surface area contributed by atoms with Crippen molar-refractivity contribution in [2.45, 2.75) is 39.7 Å². The van der Waals surface area contributed by atoms with E-state index in [2.05, 4.69) is 25.7 Å². The smallest absolute Gasteiger partial charge is 0.0589 e. The predicted octanol–water partition coefficient (Wildman–Crippen LogP) is 1.72. The molecule has 3 heteroatoms. The van der Waals surface area contributed by atoms with Crippen LogP contribution in [0.5, 0.6) is 0 Å². The maximum atomic E-state index is 5.54. The third-order valence-corrected chi connectivity index (χ3v) is 2.63. The first-order chi connectivity index (χ1) is 7.11. The average molecular weight is 216 g/mol. The molecule has 0 amide bonds. The highest BCUT2D eigenvalue weighted by Gasteiger charge is 2.14. The van der Waals surface area contributed by atoms with Crippen molar-refractivity contribution in [2.75, 3.05) is 33.4 Å². The van der Waals surface area contributed by atoms with Crippen molar-refractivity contribution in [2.24, 2.45) is 11.7 Å². The van der Waals surface area contributed by atoms with Crippen LogP contribution < -0.4 is 5.73 Å². The Hall–Kier alpha value is -0.120. The Morgan fingerprint density at radius 3 is 2.40 bits per heavy atom. The lowest BCUT2D eigenvalue weighted by atomic mass is 10.1. The van der Waals surface area contributed by atoms with Gasteiger partial charge in [-0.05, 0) is 32.2 Å². The van der Waals surface area contributed by atoms with E-state index < -0.39 is 0 Å². The summed E-state index contributed by atoms with van der Waals surface area (Å²) in [6.45, 7) is 10.6. The van der Waals surface area contributed by atoms with E-state index in [0.717, 1.165) is 32.7 Å². The van der Waals surface area contributed by atoms with Gasteiger partial charge in [0.25, 0.3) is 0 Å². The van der Waals surface area contributed by atoms with Crippen LogP contribution in [0, 0.1) is 5.92 Å². The Labute approximate surface area is 95.0 Å². The van der Waals surface area contributed by atoms with Crippen LogP contribution in [0.3, 0.4) is 0 Å². The molecule has 0 saturated carbocycles. The van der Waals surface area contributed by atoms with Gasteiger partial charge < -0.3 is 10.5 Å². The second-order valence-electron chi connectivity index (χ2n) is 4.66. The third kappa shape index (κ3) is 7.77. The number of methoxy groups -OCH3 is 1. The van der Waals surface area contributed by atoms with Crippen molar-refractivity contribution in [1.82, 2.24) is 4.90 Å². The van der Waals surface area contributed by atoms with Crippen molar-refractivity contribution in [3.8, 4) is 0 Å². The Bertz CT molecular complexity index is 140.